The molecule has 1 saturated heterocycles. The number of anilines is 1. The molecular weight excluding hydrogens is 428 g/mol. The predicted octanol–water partition coefficient (Wildman–Crippen LogP) is 3.05. The van der Waals surface area contributed by atoms with Gasteiger partial charge in [-0.05, 0) is 40.9 Å². The minimum atomic E-state index is -3.75. The van der Waals surface area contributed by atoms with Crippen LogP contribution in [-0.4, -0.2) is 36.9 Å². The average Bonchev–Trinajstić information content (AvgIpc) is 2.42. The Kier molecular flexibility index (Phi) is 5.29. The molecule has 1 aliphatic rings. The third-order valence-electron chi connectivity index (χ3n) is 3.17. The van der Waals surface area contributed by atoms with E-state index in [0.29, 0.717) is 22.0 Å². The number of benzene rings is 1. The Hall–Kier alpha value is -0.640. The van der Waals surface area contributed by atoms with E-state index in [0.717, 1.165) is 19.3 Å². The molecule has 0 spiro atoms. The lowest BCUT2D eigenvalue weighted by Crippen LogP contribution is -2.39. The molecule has 9 heteroatoms. The average molecular weight is 442 g/mol. The van der Waals surface area contributed by atoms with Crippen molar-refractivity contribution in [3.8, 4) is 0 Å². The smallest absolute Gasteiger partial charge is 0.337 e. The molecule has 0 saturated carbocycles. The van der Waals surface area contributed by atoms with E-state index in [1.54, 1.807) is 6.07 Å². The van der Waals surface area contributed by atoms with E-state index in [2.05, 4.69) is 36.6 Å². The summed E-state index contributed by atoms with van der Waals surface area (Å²) in [6, 6.07) is 2.96. The topological polar surface area (TPSA) is 86.7 Å². The van der Waals surface area contributed by atoms with E-state index in [9.17, 15) is 18.3 Å². The number of nitrogens with zero attached hydrogens (tertiary/aromatic N) is 1. The lowest BCUT2D eigenvalue weighted by atomic mass is 10.2. The Morgan fingerprint density at radius 2 is 1.81 bits per heavy atom. The molecule has 0 amide bonds. The van der Waals surface area contributed by atoms with Gasteiger partial charge in [-0.25, -0.2) is 4.79 Å². The number of hydrogen-bond acceptors (Lipinski definition) is 3. The number of rotatable bonds is 4. The number of carboxylic acids is 1. The molecule has 0 unspecified atom stereocenters. The SMILES string of the molecule is O=C(O)c1cc(Br)cc(Br)c1NS(=O)(=O)N1CCCCC1. The predicted molar refractivity (Wildman–Crippen MR) is 86.8 cm³/mol. The molecule has 0 atom stereocenters. The summed E-state index contributed by atoms with van der Waals surface area (Å²) in [7, 11) is -3.75. The maximum atomic E-state index is 12.4. The van der Waals surface area contributed by atoms with Gasteiger partial charge in [-0.2, -0.15) is 12.7 Å². The molecule has 0 bridgehead atoms. The Balaban J connectivity index is 2.36. The third-order valence-corrected chi connectivity index (χ3v) is 5.76. The van der Waals surface area contributed by atoms with Crippen molar-refractivity contribution < 1.29 is 18.3 Å². The van der Waals surface area contributed by atoms with Crippen molar-refractivity contribution in [2.75, 3.05) is 17.8 Å². The molecule has 2 N–H and O–H groups in total. The second-order valence-corrected chi connectivity index (χ2v) is 8.12. The highest BCUT2D eigenvalue weighted by atomic mass is 79.9. The van der Waals surface area contributed by atoms with Gasteiger partial charge in [-0.15, -0.1) is 0 Å². The van der Waals surface area contributed by atoms with Crippen LogP contribution < -0.4 is 4.72 Å². The van der Waals surface area contributed by atoms with Crippen molar-refractivity contribution in [2.24, 2.45) is 0 Å². The summed E-state index contributed by atoms with van der Waals surface area (Å²) < 4.78 is 29.4. The van der Waals surface area contributed by atoms with Gasteiger partial charge in [-0.3, -0.25) is 4.72 Å². The van der Waals surface area contributed by atoms with E-state index in [4.69, 9.17) is 0 Å². The summed E-state index contributed by atoms with van der Waals surface area (Å²) in [5.74, 6) is -1.20. The van der Waals surface area contributed by atoms with E-state index < -0.39 is 16.2 Å². The van der Waals surface area contributed by atoms with Crippen LogP contribution >= 0.6 is 31.9 Å². The van der Waals surface area contributed by atoms with Crippen LogP contribution in [0, 0.1) is 0 Å². The van der Waals surface area contributed by atoms with Crippen LogP contribution in [-0.2, 0) is 10.2 Å². The lowest BCUT2D eigenvalue weighted by molar-refractivity contribution is 0.0698. The quantitative estimate of drug-likeness (QED) is 0.751. The van der Waals surface area contributed by atoms with Gasteiger partial charge in [0.2, 0.25) is 0 Å². The number of piperidine rings is 1. The number of carbonyl (C=O) groups is 1. The van der Waals surface area contributed by atoms with Gasteiger partial charge < -0.3 is 5.11 Å². The normalized spacial score (nSPS) is 16.7. The summed E-state index contributed by atoms with van der Waals surface area (Å²) in [6.07, 6.45) is 2.64. The monoisotopic (exact) mass is 440 g/mol. The van der Waals surface area contributed by atoms with Gasteiger partial charge >= 0.3 is 16.2 Å². The van der Waals surface area contributed by atoms with Gasteiger partial charge in [0.15, 0.2) is 0 Å². The van der Waals surface area contributed by atoms with Crippen LogP contribution in [0.2, 0.25) is 0 Å². The maximum absolute atomic E-state index is 12.4. The second kappa shape index (κ2) is 6.64. The summed E-state index contributed by atoms with van der Waals surface area (Å²) in [5.41, 5.74) is -0.0758. The number of hydrogen-bond donors (Lipinski definition) is 2. The van der Waals surface area contributed by atoms with E-state index in [-0.39, 0.29) is 11.3 Å². The van der Waals surface area contributed by atoms with Gasteiger partial charge in [-0.1, -0.05) is 22.4 Å². The molecule has 21 heavy (non-hydrogen) atoms. The van der Waals surface area contributed by atoms with Gasteiger partial charge in [0.1, 0.15) is 0 Å². The standard InChI is InChI=1S/C12H14Br2N2O4S/c13-8-6-9(12(17)18)11(10(14)7-8)15-21(19,20)16-4-2-1-3-5-16/h6-7,15H,1-5H2,(H,17,18). The third kappa shape index (κ3) is 3.97. The number of nitrogens with one attached hydrogen (secondary N) is 1. The largest absolute Gasteiger partial charge is 0.478 e. The van der Waals surface area contributed by atoms with Crippen LogP contribution in [0.3, 0.4) is 0 Å². The van der Waals surface area contributed by atoms with Gasteiger partial charge in [0, 0.05) is 22.0 Å². The molecular formula is C12H14Br2N2O4S. The van der Waals surface area contributed by atoms with Crippen LogP contribution in [0.5, 0.6) is 0 Å². The maximum Gasteiger partial charge on any atom is 0.337 e. The Labute approximate surface area is 140 Å². The summed E-state index contributed by atoms with van der Waals surface area (Å²) in [4.78, 5) is 11.3. The van der Waals surface area contributed by atoms with E-state index in [1.807, 2.05) is 0 Å². The Morgan fingerprint density at radius 3 is 2.38 bits per heavy atom. The first kappa shape index (κ1) is 16.7. The minimum Gasteiger partial charge on any atom is -0.478 e. The minimum absolute atomic E-state index is 0.0382. The van der Waals surface area contributed by atoms with Gasteiger partial charge in [0.05, 0.1) is 11.3 Å². The molecule has 116 valence electrons. The molecule has 0 aliphatic carbocycles. The van der Waals surface area contributed by atoms with E-state index >= 15 is 0 Å². The summed E-state index contributed by atoms with van der Waals surface area (Å²) in [6.45, 7) is 0.901. The second-order valence-electron chi connectivity index (χ2n) is 4.68. The van der Waals surface area contributed by atoms with Crippen molar-refractivity contribution in [2.45, 2.75) is 19.3 Å². The highest BCUT2D eigenvalue weighted by molar-refractivity contribution is 9.11. The van der Waals surface area contributed by atoms with Gasteiger partial charge in [0.25, 0.3) is 0 Å². The summed E-state index contributed by atoms with van der Waals surface area (Å²) >= 11 is 6.39. The highest BCUT2D eigenvalue weighted by Crippen LogP contribution is 2.32. The number of halogens is 2. The van der Waals surface area contributed by atoms with Crippen LogP contribution in [0.25, 0.3) is 0 Å². The first-order chi connectivity index (χ1) is 9.81. The molecule has 6 nitrogen and oxygen atoms in total. The highest BCUT2D eigenvalue weighted by Gasteiger charge is 2.26. The fourth-order valence-corrected chi connectivity index (χ4v) is 4.95. The first-order valence-electron chi connectivity index (χ1n) is 6.31. The van der Waals surface area contributed by atoms with Crippen LogP contribution in [0.15, 0.2) is 21.1 Å². The van der Waals surface area contributed by atoms with Crippen LogP contribution in [0.1, 0.15) is 29.6 Å². The zero-order chi connectivity index (χ0) is 15.6. The fraction of sp³-hybridized carbons (Fsp3) is 0.417. The van der Waals surface area contributed by atoms with Crippen molar-refractivity contribution in [3.05, 3.63) is 26.6 Å². The molecule has 1 fully saturated rings. The van der Waals surface area contributed by atoms with E-state index in [1.165, 1.54) is 10.4 Å². The molecule has 0 radical (unpaired) electrons. The molecule has 2 rings (SSSR count). The number of carboxylic acid groups (broad SMARTS) is 1. The zero-order valence-electron chi connectivity index (χ0n) is 11.0. The fourth-order valence-electron chi connectivity index (χ4n) is 2.14. The number of aromatic carboxylic acids is 1. The van der Waals surface area contributed by atoms with Crippen molar-refractivity contribution >= 4 is 53.7 Å². The van der Waals surface area contributed by atoms with Crippen molar-refractivity contribution in [3.63, 3.8) is 0 Å². The molecule has 1 heterocycles. The Morgan fingerprint density at radius 1 is 1.19 bits per heavy atom. The molecule has 1 aromatic rings. The Bertz CT molecular complexity index is 657. The molecule has 0 aromatic heterocycles. The van der Waals surface area contributed by atoms with Crippen molar-refractivity contribution in [1.29, 1.82) is 0 Å². The lowest BCUT2D eigenvalue weighted by Gasteiger charge is -2.26. The molecule has 1 aromatic carbocycles. The van der Waals surface area contributed by atoms with Crippen molar-refractivity contribution in [1.82, 2.24) is 4.31 Å². The zero-order valence-corrected chi connectivity index (χ0v) is 15.0. The first-order valence-corrected chi connectivity index (χ1v) is 9.34. The molecule has 1 aliphatic heterocycles. The van der Waals surface area contributed by atoms with Crippen LogP contribution in [0.4, 0.5) is 5.69 Å². The summed E-state index contributed by atoms with van der Waals surface area (Å²) in [5, 5.41) is 9.23.